The van der Waals surface area contributed by atoms with Gasteiger partial charge in [-0.3, -0.25) is 9.69 Å². The number of carbonyl (C=O) groups is 1. The molecule has 0 aliphatic carbocycles. The highest BCUT2D eigenvalue weighted by Crippen LogP contribution is 2.21. The van der Waals surface area contributed by atoms with Crippen molar-refractivity contribution in [3.63, 3.8) is 0 Å². The lowest BCUT2D eigenvalue weighted by atomic mass is 9.98. The molecule has 2 aromatic carbocycles. The van der Waals surface area contributed by atoms with E-state index in [1.807, 2.05) is 36.4 Å². The molecule has 0 aromatic heterocycles. The van der Waals surface area contributed by atoms with Crippen molar-refractivity contribution < 1.29 is 9.53 Å². The number of nitrogens with zero attached hydrogens (tertiary/aromatic N) is 1. The fraction of sp³-hybridized carbons (Fsp3) is 0.476. The molecule has 2 aromatic rings. The van der Waals surface area contributed by atoms with Gasteiger partial charge in [0.05, 0.1) is 0 Å². The van der Waals surface area contributed by atoms with Gasteiger partial charge in [0.15, 0.2) is 6.61 Å². The van der Waals surface area contributed by atoms with Gasteiger partial charge in [0, 0.05) is 12.1 Å². The second-order valence-corrected chi connectivity index (χ2v) is 7.43. The molecule has 0 unspecified atom stereocenters. The van der Waals surface area contributed by atoms with Gasteiger partial charge in [0.1, 0.15) is 5.75 Å². The van der Waals surface area contributed by atoms with Gasteiger partial charge in [-0.15, -0.1) is 0 Å². The first-order valence-corrected chi connectivity index (χ1v) is 9.18. The molecule has 1 fully saturated rings. The molecular weight excluding hydrogens is 312 g/mol. The lowest BCUT2D eigenvalue weighted by Crippen LogP contribution is -2.53. The molecule has 4 nitrogen and oxygen atoms in total. The maximum absolute atomic E-state index is 12.2. The first kappa shape index (κ1) is 17.7. The number of ether oxygens (including phenoxy) is 1. The van der Waals surface area contributed by atoms with Crippen LogP contribution in [0.3, 0.4) is 0 Å². The molecule has 0 bridgehead atoms. The van der Waals surface area contributed by atoms with Gasteiger partial charge in [-0.05, 0) is 62.7 Å². The third-order valence-electron chi connectivity index (χ3n) is 5.02. The zero-order chi connectivity index (χ0) is 17.7. The molecule has 0 radical (unpaired) electrons. The molecule has 1 amide bonds. The van der Waals surface area contributed by atoms with E-state index in [1.165, 1.54) is 24.6 Å². The molecule has 1 heterocycles. The first-order chi connectivity index (χ1) is 12.0. The van der Waals surface area contributed by atoms with Crippen molar-refractivity contribution in [3.8, 4) is 5.75 Å². The third-order valence-corrected chi connectivity index (χ3v) is 5.02. The molecule has 134 valence electrons. The zero-order valence-corrected chi connectivity index (χ0v) is 15.3. The Morgan fingerprint density at radius 2 is 1.80 bits per heavy atom. The minimum Gasteiger partial charge on any atom is -0.484 e. The second kappa shape index (κ2) is 7.87. The van der Waals surface area contributed by atoms with Crippen LogP contribution in [0.2, 0.25) is 0 Å². The Labute approximate surface area is 150 Å². The van der Waals surface area contributed by atoms with E-state index in [1.54, 1.807) is 0 Å². The summed E-state index contributed by atoms with van der Waals surface area (Å²) in [4.78, 5) is 14.6. The van der Waals surface area contributed by atoms with Crippen molar-refractivity contribution in [3.05, 3.63) is 42.5 Å². The fourth-order valence-corrected chi connectivity index (χ4v) is 3.38. The predicted molar refractivity (Wildman–Crippen MR) is 102 cm³/mol. The number of hydrogen-bond acceptors (Lipinski definition) is 3. The number of piperidine rings is 1. The zero-order valence-electron chi connectivity index (χ0n) is 15.3. The monoisotopic (exact) mass is 340 g/mol. The topological polar surface area (TPSA) is 41.6 Å². The van der Waals surface area contributed by atoms with Crippen LogP contribution >= 0.6 is 0 Å². The highest BCUT2D eigenvalue weighted by atomic mass is 16.5. The predicted octanol–water partition coefficient (Wildman–Crippen LogP) is 3.60. The Balaban J connectivity index is 1.48. The van der Waals surface area contributed by atoms with E-state index in [0.717, 1.165) is 24.2 Å². The van der Waals surface area contributed by atoms with E-state index < -0.39 is 0 Å². The van der Waals surface area contributed by atoms with Gasteiger partial charge in [-0.25, -0.2) is 0 Å². The highest BCUT2D eigenvalue weighted by molar-refractivity contribution is 5.84. The lowest BCUT2D eigenvalue weighted by Gasteiger charge is -2.41. The van der Waals surface area contributed by atoms with Crippen LogP contribution in [-0.4, -0.2) is 42.6 Å². The van der Waals surface area contributed by atoms with Crippen LogP contribution in [0.1, 0.15) is 33.1 Å². The third kappa shape index (κ3) is 4.73. The van der Waals surface area contributed by atoms with Crippen molar-refractivity contribution in [2.24, 2.45) is 0 Å². The largest absolute Gasteiger partial charge is 0.484 e. The molecule has 1 saturated heterocycles. The van der Waals surface area contributed by atoms with Crippen LogP contribution < -0.4 is 10.1 Å². The SMILES string of the molecule is CC(C)(CNC(=O)COc1ccc2ccccc2c1)N1CCCCC1. The summed E-state index contributed by atoms with van der Waals surface area (Å²) in [5, 5.41) is 5.31. The molecule has 0 atom stereocenters. The van der Waals surface area contributed by atoms with Crippen LogP contribution in [0.25, 0.3) is 10.8 Å². The van der Waals surface area contributed by atoms with Gasteiger partial charge in [-0.1, -0.05) is 36.8 Å². The fourth-order valence-electron chi connectivity index (χ4n) is 3.38. The van der Waals surface area contributed by atoms with Crippen LogP contribution in [-0.2, 0) is 4.79 Å². The minimum absolute atomic E-state index is 0.0149. The van der Waals surface area contributed by atoms with Crippen molar-refractivity contribution in [1.82, 2.24) is 10.2 Å². The molecule has 1 aliphatic heterocycles. The van der Waals surface area contributed by atoms with E-state index in [2.05, 4.69) is 30.1 Å². The van der Waals surface area contributed by atoms with Gasteiger partial charge in [0.2, 0.25) is 0 Å². The number of benzene rings is 2. The van der Waals surface area contributed by atoms with Gasteiger partial charge in [0.25, 0.3) is 5.91 Å². The lowest BCUT2D eigenvalue weighted by molar-refractivity contribution is -0.123. The van der Waals surface area contributed by atoms with Crippen LogP contribution in [0.15, 0.2) is 42.5 Å². The van der Waals surface area contributed by atoms with E-state index in [9.17, 15) is 4.79 Å². The summed E-state index contributed by atoms with van der Waals surface area (Å²) in [5.74, 6) is 0.655. The number of amides is 1. The first-order valence-electron chi connectivity index (χ1n) is 9.18. The van der Waals surface area contributed by atoms with Gasteiger partial charge in [-0.2, -0.15) is 0 Å². The van der Waals surface area contributed by atoms with Crippen molar-refractivity contribution >= 4 is 16.7 Å². The summed E-state index contributed by atoms with van der Waals surface area (Å²) in [5.41, 5.74) is -0.0149. The van der Waals surface area contributed by atoms with Crippen molar-refractivity contribution in [1.29, 1.82) is 0 Å². The highest BCUT2D eigenvalue weighted by Gasteiger charge is 2.28. The maximum Gasteiger partial charge on any atom is 0.258 e. The summed E-state index contributed by atoms with van der Waals surface area (Å²) >= 11 is 0. The van der Waals surface area contributed by atoms with Gasteiger partial charge >= 0.3 is 0 Å². The van der Waals surface area contributed by atoms with Crippen molar-refractivity contribution in [2.45, 2.75) is 38.6 Å². The quantitative estimate of drug-likeness (QED) is 0.873. The Morgan fingerprint density at radius 1 is 1.08 bits per heavy atom. The van der Waals surface area contributed by atoms with Gasteiger partial charge < -0.3 is 10.1 Å². The number of rotatable bonds is 6. The summed E-state index contributed by atoms with van der Waals surface area (Å²) in [7, 11) is 0. The molecular formula is C21H28N2O2. The smallest absolute Gasteiger partial charge is 0.258 e. The Bertz CT molecular complexity index is 721. The summed E-state index contributed by atoms with van der Waals surface area (Å²) in [6, 6.07) is 14.0. The Kier molecular flexibility index (Phi) is 5.59. The average Bonchev–Trinajstić information content (AvgIpc) is 2.65. The Hall–Kier alpha value is -2.07. The van der Waals surface area contributed by atoms with Crippen molar-refractivity contribution in [2.75, 3.05) is 26.2 Å². The summed E-state index contributed by atoms with van der Waals surface area (Å²) in [6.45, 7) is 7.33. The Morgan fingerprint density at radius 3 is 2.56 bits per heavy atom. The molecule has 0 saturated carbocycles. The van der Waals surface area contributed by atoms with Crippen LogP contribution in [0.5, 0.6) is 5.75 Å². The van der Waals surface area contributed by atoms with E-state index in [-0.39, 0.29) is 18.1 Å². The van der Waals surface area contributed by atoms with E-state index in [4.69, 9.17) is 4.74 Å². The molecule has 0 spiro atoms. The second-order valence-electron chi connectivity index (χ2n) is 7.43. The normalized spacial score (nSPS) is 15.9. The minimum atomic E-state index is -0.0711. The average molecular weight is 340 g/mol. The molecule has 1 N–H and O–H groups in total. The standard InChI is InChI=1S/C21H28N2O2/c1-21(2,23-12-6-3-7-13-23)16-22-20(24)15-25-19-11-10-17-8-4-5-9-18(17)14-19/h4-5,8-11,14H,3,6-7,12-13,15-16H2,1-2H3,(H,22,24). The number of hydrogen-bond donors (Lipinski definition) is 1. The van der Waals surface area contributed by atoms with E-state index >= 15 is 0 Å². The molecule has 25 heavy (non-hydrogen) atoms. The number of fused-ring (bicyclic) bond motifs is 1. The van der Waals surface area contributed by atoms with E-state index in [0.29, 0.717) is 6.54 Å². The number of carbonyl (C=O) groups excluding carboxylic acids is 1. The van der Waals surface area contributed by atoms with Crippen LogP contribution in [0, 0.1) is 0 Å². The maximum atomic E-state index is 12.2. The van der Waals surface area contributed by atoms with Crippen LogP contribution in [0.4, 0.5) is 0 Å². The molecule has 1 aliphatic rings. The summed E-state index contributed by atoms with van der Waals surface area (Å²) < 4.78 is 5.66. The summed E-state index contributed by atoms with van der Waals surface area (Å²) in [6.07, 6.45) is 3.82. The molecule has 4 heteroatoms. The molecule has 3 rings (SSSR count). The number of likely N-dealkylation sites (tertiary alicyclic amines) is 1. The number of nitrogens with one attached hydrogen (secondary N) is 1.